The number of methoxy groups -OCH3 is 1. The Bertz CT molecular complexity index is 1890. The number of amides is 2. The minimum absolute atomic E-state index is 0.00673. The van der Waals surface area contributed by atoms with Crippen molar-refractivity contribution in [3.05, 3.63) is 82.4 Å². The molecule has 2 bridgehead atoms. The molecule has 0 aromatic heterocycles. The van der Waals surface area contributed by atoms with Crippen molar-refractivity contribution < 1.29 is 29.4 Å². The van der Waals surface area contributed by atoms with E-state index in [1.807, 2.05) is 75.6 Å². The van der Waals surface area contributed by atoms with Crippen LogP contribution in [0.1, 0.15) is 62.0 Å². The average molecular weight is 804 g/mol. The van der Waals surface area contributed by atoms with E-state index < -0.39 is 24.2 Å². The molecule has 12 heteroatoms. The molecule has 310 valence electrons. The zero-order chi connectivity index (χ0) is 41.3. The van der Waals surface area contributed by atoms with Gasteiger partial charge in [-0.3, -0.25) is 14.4 Å². The molecule has 1 saturated heterocycles. The van der Waals surface area contributed by atoms with Gasteiger partial charge in [-0.15, -0.1) is 0 Å². The fraction of sp³-hybridized carbons (Fsp3) is 0.556. The molecular weight excluding hydrogens is 742 g/mol. The topological polar surface area (TPSA) is 127 Å². The normalized spacial score (nSPS) is 26.4. The standard InChI is InChI=1S/C45H62ClN5O6/c1-26-36-21-31(45(36,3)4)22-38(26)48-44(55)41-40(27(2)53)39(25-52)57-51(41)24-35-37(46)16-15-34(42(35)56-9)29-18-30(20-33(19-29)50(7)8)43(54)47-32(23-49(5)6)17-28-13-11-10-12-14-28/h10-16,18-20,26-27,31-32,36,38-41,52-53H,17,21-25H2,1-9H3,(H,47,54)(H,48,55)/t26-,27-,31+,32-,36-,38-,39-,40+,41-/m0/s1. The van der Waals surface area contributed by atoms with Gasteiger partial charge in [0.15, 0.2) is 0 Å². The molecule has 3 saturated carbocycles. The highest BCUT2D eigenvalue weighted by molar-refractivity contribution is 6.31. The van der Waals surface area contributed by atoms with Crippen LogP contribution < -0.4 is 20.3 Å². The maximum atomic E-state index is 14.4. The molecule has 0 spiro atoms. The van der Waals surface area contributed by atoms with Crippen molar-refractivity contribution in [3.8, 4) is 16.9 Å². The zero-order valence-electron chi connectivity index (χ0n) is 35.0. The van der Waals surface area contributed by atoms with Gasteiger partial charge in [0, 0.05) is 66.0 Å². The maximum Gasteiger partial charge on any atom is 0.251 e. The van der Waals surface area contributed by atoms with Gasteiger partial charge in [0.05, 0.1) is 26.4 Å². The first-order valence-corrected chi connectivity index (χ1v) is 20.6. The Labute approximate surface area is 343 Å². The molecule has 4 aliphatic rings. The van der Waals surface area contributed by atoms with Crippen LogP contribution in [-0.2, 0) is 22.6 Å². The second kappa shape index (κ2) is 17.6. The van der Waals surface area contributed by atoms with E-state index in [0.29, 0.717) is 58.2 Å². The van der Waals surface area contributed by atoms with E-state index in [9.17, 15) is 19.8 Å². The Hall–Kier alpha value is -3.71. The summed E-state index contributed by atoms with van der Waals surface area (Å²) in [5.41, 5.74) is 4.74. The number of halogens is 1. The molecule has 9 atom stereocenters. The Morgan fingerprint density at radius 1 is 1.07 bits per heavy atom. The molecule has 11 nitrogen and oxygen atoms in total. The number of aliphatic hydroxyl groups is 2. The number of carbonyl (C=O) groups excluding carboxylic acids is 2. The number of hydroxylamine groups is 2. The molecule has 0 radical (unpaired) electrons. The van der Waals surface area contributed by atoms with Gasteiger partial charge in [-0.2, -0.15) is 5.06 Å². The van der Waals surface area contributed by atoms with E-state index in [2.05, 4.69) is 48.4 Å². The number of ether oxygens (including phenoxy) is 1. The Morgan fingerprint density at radius 2 is 1.79 bits per heavy atom. The molecule has 3 aliphatic carbocycles. The van der Waals surface area contributed by atoms with Gasteiger partial charge in [-0.05, 0) is 105 Å². The summed E-state index contributed by atoms with van der Waals surface area (Å²) in [5, 5.41) is 30.0. The lowest BCUT2D eigenvalue weighted by Crippen LogP contribution is -2.62. The van der Waals surface area contributed by atoms with E-state index in [4.69, 9.17) is 21.2 Å². The van der Waals surface area contributed by atoms with E-state index in [0.717, 1.165) is 23.2 Å². The summed E-state index contributed by atoms with van der Waals surface area (Å²) >= 11 is 6.96. The van der Waals surface area contributed by atoms with Crippen LogP contribution in [0.3, 0.4) is 0 Å². The van der Waals surface area contributed by atoms with Crippen LogP contribution in [-0.4, -0.2) is 111 Å². The van der Waals surface area contributed by atoms with Crippen LogP contribution in [0.2, 0.25) is 5.02 Å². The molecular formula is C45H62ClN5O6. The first kappa shape index (κ1) is 42.9. The number of rotatable bonds is 15. The number of benzene rings is 3. The third-order valence-electron chi connectivity index (χ3n) is 13.0. The van der Waals surface area contributed by atoms with Crippen LogP contribution >= 0.6 is 11.6 Å². The van der Waals surface area contributed by atoms with Crippen LogP contribution in [0.4, 0.5) is 5.69 Å². The minimum Gasteiger partial charge on any atom is -0.496 e. The highest BCUT2D eigenvalue weighted by Crippen LogP contribution is 2.61. The summed E-state index contributed by atoms with van der Waals surface area (Å²) in [6.07, 6.45) is 1.03. The SMILES string of the molecule is COc1c(-c2cc(C(=O)N[C@@H](Cc3ccccc3)CN(C)C)cc(N(C)C)c2)ccc(Cl)c1CN1O[C@@H](CO)[C@@H]([C@H](C)O)[C@H]1C(=O)N[C@H]1C[C@H]2C[C@@H]([C@@H]1C)C2(C)C. The number of fused-ring (bicyclic) bond motifs is 2. The summed E-state index contributed by atoms with van der Waals surface area (Å²) in [7, 11) is 9.42. The van der Waals surface area contributed by atoms with Gasteiger partial charge in [-0.25, -0.2) is 0 Å². The monoisotopic (exact) mass is 803 g/mol. The van der Waals surface area contributed by atoms with E-state index in [1.54, 1.807) is 25.2 Å². The molecule has 57 heavy (non-hydrogen) atoms. The van der Waals surface area contributed by atoms with Crippen molar-refractivity contribution in [2.45, 2.75) is 83.8 Å². The van der Waals surface area contributed by atoms with E-state index in [-0.39, 0.29) is 42.5 Å². The van der Waals surface area contributed by atoms with Gasteiger partial charge >= 0.3 is 0 Å². The number of hydrogen-bond acceptors (Lipinski definition) is 9. The van der Waals surface area contributed by atoms with Gasteiger partial charge in [0.2, 0.25) is 5.91 Å². The number of hydrogen-bond donors (Lipinski definition) is 4. The number of aliphatic hydroxyl groups excluding tert-OH is 2. The Balaban J connectivity index is 1.31. The number of carbonyl (C=O) groups is 2. The predicted octanol–water partition coefficient (Wildman–Crippen LogP) is 5.64. The lowest BCUT2D eigenvalue weighted by molar-refractivity contribution is -0.183. The van der Waals surface area contributed by atoms with Crippen molar-refractivity contribution in [1.82, 2.24) is 20.6 Å². The van der Waals surface area contributed by atoms with Gasteiger partial charge < -0.3 is 35.4 Å². The first-order chi connectivity index (χ1) is 27.0. The quantitative estimate of drug-likeness (QED) is 0.154. The predicted molar refractivity (Wildman–Crippen MR) is 225 cm³/mol. The third kappa shape index (κ3) is 8.99. The van der Waals surface area contributed by atoms with Crippen LogP contribution in [0.25, 0.3) is 11.1 Å². The first-order valence-electron chi connectivity index (χ1n) is 20.2. The molecule has 3 aromatic rings. The van der Waals surface area contributed by atoms with E-state index in [1.165, 1.54) is 6.42 Å². The third-order valence-corrected chi connectivity index (χ3v) is 13.4. The molecule has 2 amide bonds. The van der Waals surface area contributed by atoms with Crippen LogP contribution in [0, 0.1) is 29.1 Å². The lowest BCUT2D eigenvalue weighted by atomic mass is 9.45. The summed E-state index contributed by atoms with van der Waals surface area (Å²) in [4.78, 5) is 38.7. The summed E-state index contributed by atoms with van der Waals surface area (Å²) < 4.78 is 6.11. The lowest BCUT2D eigenvalue weighted by Gasteiger charge is -2.62. The van der Waals surface area contributed by atoms with Crippen LogP contribution in [0.5, 0.6) is 5.75 Å². The van der Waals surface area contributed by atoms with Crippen molar-refractivity contribution in [1.29, 1.82) is 0 Å². The second-order valence-electron chi connectivity index (χ2n) is 17.6. The van der Waals surface area contributed by atoms with Crippen molar-refractivity contribution in [2.75, 3.05) is 53.4 Å². The largest absolute Gasteiger partial charge is 0.496 e. The average Bonchev–Trinajstić information content (AvgIpc) is 3.54. The van der Waals surface area contributed by atoms with E-state index >= 15 is 0 Å². The molecule has 3 aromatic carbocycles. The molecule has 0 unspecified atom stereocenters. The number of nitrogens with one attached hydrogen (secondary N) is 2. The minimum atomic E-state index is -0.939. The highest BCUT2D eigenvalue weighted by Gasteiger charge is 2.57. The summed E-state index contributed by atoms with van der Waals surface area (Å²) in [6.45, 7) is 8.84. The maximum absolute atomic E-state index is 14.4. The van der Waals surface area contributed by atoms with Gasteiger partial charge in [0.25, 0.3) is 5.91 Å². The highest BCUT2D eigenvalue weighted by atomic mass is 35.5. The van der Waals surface area contributed by atoms with Crippen molar-refractivity contribution >= 4 is 29.1 Å². The number of anilines is 1. The van der Waals surface area contributed by atoms with Crippen molar-refractivity contribution in [2.24, 2.45) is 29.1 Å². The Kier molecular flexibility index (Phi) is 13.3. The van der Waals surface area contributed by atoms with Gasteiger partial charge in [0.1, 0.15) is 17.9 Å². The molecule has 4 N–H and O–H groups in total. The second-order valence-corrected chi connectivity index (χ2v) is 18.0. The smallest absolute Gasteiger partial charge is 0.251 e. The fourth-order valence-electron chi connectivity index (χ4n) is 9.78. The van der Waals surface area contributed by atoms with Gasteiger partial charge in [-0.1, -0.05) is 62.7 Å². The summed E-state index contributed by atoms with van der Waals surface area (Å²) in [5.74, 6) is 0.732. The Morgan fingerprint density at radius 3 is 2.39 bits per heavy atom. The number of nitrogens with zero attached hydrogens (tertiary/aromatic N) is 3. The molecule has 4 fully saturated rings. The number of likely N-dealkylation sites (N-methyl/N-ethyl adjacent to an activating group) is 1. The molecule has 1 aliphatic heterocycles. The zero-order valence-corrected chi connectivity index (χ0v) is 35.7. The van der Waals surface area contributed by atoms with Crippen LogP contribution in [0.15, 0.2) is 60.7 Å². The fourth-order valence-corrected chi connectivity index (χ4v) is 9.99. The summed E-state index contributed by atoms with van der Waals surface area (Å²) in [6, 6.07) is 18.5. The molecule has 1 heterocycles. The van der Waals surface area contributed by atoms with Crippen molar-refractivity contribution in [3.63, 3.8) is 0 Å². The molecule has 7 rings (SSSR count).